The summed E-state index contributed by atoms with van der Waals surface area (Å²) in [7, 11) is 0. The summed E-state index contributed by atoms with van der Waals surface area (Å²) in [4.78, 5) is 11.1. The van der Waals surface area contributed by atoms with Crippen LogP contribution >= 0.6 is 34.2 Å². The summed E-state index contributed by atoms with van der Waals surface area (Å²) in [5.74, 6) is 2.04. The van der Waals surface area contributed by atoms with Gasteiger partial charge in [0.15, 0.2) is 0 Å². The molecule has 0 saturated carbocycles. The Balaban J connectivity index is 2.78. The van der Waals surface area contributed by atoms with Gasteiger partial charge in [-0.25, -0.2) is 0 Å². The Hall–Kier alpha value is -0.730. The lowest BCUT2D eigenvalue weighted by molar-refractivity contribution is -0.115. The normalized spacial score (nSPS) is 9.21. The van der Waals surface area contributed by atoms with Crippen LogP contribution in [0.1, 0.15) is 6.42 Å². The van der Waals surface area contributed by atoms with Gasteiger partial charge in [0.05, 0.1) is 17.1 Å². The van der Waals surface area contributed by atoms with E-state index in [1.807, 2.05) is 6.07 Å². The van der Waals surface area contributed by atoms with Gasteiger partial charge >= 0.3 is 0 Å². The molecule has 2 nitrogen and oxygen atoms in total. The number of amides is 1. The zero-order chi connectivity index (χ0) is 10.6. The fraction of sp³-hybridized carbons (Fsp3) is 0.100. The average molecular weight is 320 g/mol. The monoisotopic (exact) mass is 319 g/mol. The van der Waals surface area contributed by atoms with Crippen LogP contribution in [0.25, 0.3) is 0 Å². The van der Waals surface area contributed by atoms with Crippen LogP contribution in [0.5, 0.6) is 0 Å². The highest BCUT2D eigenvalue weighted by Crippen LogP contribution is 2.23. The van der Waals surface area contributed by atoms with Gasteiger partial charge in [-0.2, -0.15) is 0 Å². The molecule has 1 aromatic carbocycles. The standard InChI is InChI=1S/C10H7ClINO/c1-2-3-10(14)13-9-5-4-7(12)6-8(9)11/h1,4-6H,3H2,(H,13,14). The van der Waals surface area contributed by atoms with Crippen LogP contribution in [0.15, 0.2) is 18.2 Å². The van der Waals surface area contributed by atoms with Crippen LogP contribution in [-0.2, 0) is 4.79 Å². The molecule has 0 bridgehead atoms. The number of terminal acetylenes is 1. The Morgan fingerprint density at radius 1 is 1.64 bits per heavy atom. The molecule has 1 aromatic rings. The van der Waals surface area contributed by atoms with E-state index in [1.165, 1.54) is 0 Å². The molecule has 0 heterocycles. The van der Waals surface area contributed by atoms with E-state index in [-0.39, 0.29) is 12.3 Å². The molecule has 0 spiro atoms. The van der Waals surface area contributed by atoms with Gasteiger partial charge in [-0.05, 0) is 40.8 Å². The number of anilines is 1. The molecular formula is C10H7ClINO. The van der Waals surface area contributed by atoms with Crippen LogP contribution < -0.4 is 5.32 Å². The predicted octanol–water partition coefficient (Wildman–Crippen LogP) is 2.91. The number of nitrogens with one attached hydrogen (secondary N) is 1. The molecule has 1 N–H and O–H groups in total. The van der Waals surface area contributed by atoms with Crippen LogP contribution in [-0.4, -0.2) is 5.91 Å². The maximum atomic E-state index is 11.1. The van der Waals surface area contributed by atoms with E-state index in [0.29, 0.717) is 10.7 Å². The second kappa shape index (κ2) is 5.23. The lowest BCUT2D eigenvalue weighted by Crippen LogP contribution is -2.10. The van der Waals surface area contributed by atoms with E-state index in [1.54, 1.807) is 12.1 Å². The Labute approximate surface area is 101 Å². The summed E-state index contributed by atoms with van der Waals surface area (Å²) in [6, 6.07) is 5.38. The smallest absolute Gasteiger partial charge is 0.236 e. The minimum absolute atomic E-state index is 0.0579. The van der Waals surface area contributed by atoms with Gasteiger partial charge in [0.25, 0.3) is 0 Å². The molecule has 0 aliphatic rings. The van der Waals surface area contributed by atoms with Crippen LogP contribution in [0.3, 0.4) is 0 Å². The minimum atomic E-state index is -0.226. The Morgan fingerprint density at radius 2 is 2.36 bits per heavy atom. The van der Waals surface area contributed by atoms with Crippen molar-refractivity contribution in [2.24, 2.45) is 0 Å². The lowest BCUT2D eigenvalue weighted by atomic mass is 10.3. The first-order valence-corrected chi connectivity index (χ1v) is 5.27. The number of carbonyl (C=O) groups excluding carboxylic acids is 1. The summed E-state index contributed by atoms with van der Waals surface area (Å²) in [5, 5.41) is 3.14. The predicted molar refractivity (Wildman–Crippen MR) is 66.2 cm³/mol. The van der Waals surface area contributed by atoms with Crippen molar-refractivity contribution in [2.75, 3.05) is 5.32 Å². The van der Waals surface area contributed by atoms with Crippen molar-refractivity contribution in [3.63, 3.8) is 0 Å². The first kappa shape index (κ1) is 11.3. The van der Waals surface area contributed by atoms with Gasteiger partial charge in [0.1, 0.15) is 0 Å². The Bertz CT molecular complexity index is 398. The third-order valence-electron chi connectivity index (χ3n) is 1.47. The van der Waals surface area contributed by atoms with E-state index < -0.39 is 0 Å². The lowest BCUT2D eigenvalue weighted by Gasteiger charge is -2.05. The van der Waals surface area contributed by atoms with Crippen molar-refractivity contribution in [1.29, 1.82) is 0 Å². The van der Waals surface area contributed by atoms with Crippen LogP contribution in [0.2, 0.25) is 5.02 Å². The van der Waals surface area contributed by atoms with Crippen LogP contribution in [0, 0.1) is 15.9 Å². The maximum absolute atomic E-state index is 11.1. The van der Waals surface area contributed by atoms with Crippen molar-refractivity contribution in [3.8, 4) is 12.3 Å². The van der Waals surface area contributed by atoms with Crippen molar-refractivity contribution >= 4 is 45.8 Å². The molecule has 4 heteroatoms. The molecule has 72 valence electrons. The molecule has 0 fully saturated rings. The first-order valence-electron chi connectivity index (χ1n) is 3.82. The number of halogens is 2. The number of hydrogen-bond donors (Lipinski definition) is 1. The number of benzene rings is 1. The number of carbonyl (C=O) groups is 1. The highest BCUT2D eigenvalue weighted by molar-refractivity contribution is 14.1. The largest absolute Gasteiger partial charge is 0.324 e. The summed E-state index contributed by atoms with van der Waals surface area (Å²) >= 11 is 8.05. The van der Waals surface area contributed by atoms with E-state index >= 15 is 0 Å². The highest BCUT2D eigenvalue weighted by Gasteiger charge is 2.04. The molecule has 1 amide bonds. The summed E-state index contributed by atoms with van der Waals surface area (Å²) in [6.07, 6.45) is 5.06. The van der Waals surface area contributed by atoms with E-state index in [2.05, 4.69) is 33.8 Å². The van der Waals surface area contributed by atoms with Gasteiger partial charge in [-0.15, -0.1) is 6.42 Å². The van der Waals surface area contributed by atoms with Crippen molar-refractivity contribution in [2.45, 2.75) is 6.42 Å². The number of hydrogen-bond acceptors (Lipinski definition) is 1. The van der Waals surface area contributed by atoms with Gasteiger partial charge in [0, 0.05) is 3.57 Å². The average Bonchev–Trinajstić information content (AvgIpc) is 2.10. The van der Waals surface area contributed by atoms with Crippen molar-refractivity contribution in [1.82, 2.24) is 0 Å². The zero-order valence-electron chi connectivity index (χ0n) is 7.18. The molecule has 0 aromatic heterocycles. The molecule has 0 unspecified atom stereocenters. The second-order valence-electron chi connectivity index (χ2n) is 2.55. The molecule has 0 radical (unpaired) electrons. The van der Waals surface area contributed by atoms with Gasteiger partial charge in [-0.3, -0.25) is 4.79 Å². The second-order valence-corrected chi connectivity index (χ2v) is 4.21. The molecule has 14 heavy (non-hydrogen) atoms. The highest BCUT2D eigenvalue weighted by atomic mass is 127. The number of rotatable bonds is 2. The Kier molecular flexibility index (Phi) is 4.23. The van der Waals surface area contributed by atoms with Crippen molar-refractivity contribution in [3.05, 3.63) is 26.8 Å². The first-order chi connectivity index (χ1) is 6.63. The third-order valence-corrected chi connectivity index (χ3v) is 2.45. The summed E-state index contributed by atoms with van der Waals surface area (Å²) in [6.45, 7) is 0. The molecular weight excluding hydrogens is 312 g/mol. The minimum Gasteiger partial charge on any atom is -0.324 e. The van der Waals surface area contributed by atoms with Crippen LogP contribution in [0.4, 0.5) is 5.69 Å². The fourth-order valence-corrected chi connectivity index (χ4v) is 1.78. The molecule has 0 aliphatic carbocycles. The molecule has 0 atom stereocenters. The third kappa shape index (κ3) is 3.20. The van der Waals surface area contributed by atoms with Gasteiger partial charge in [-0.1, -0.05) is 17.5 Å². The molecule has 0 saturated heterocycles. The van der Waals surface area contributed by atoms with Crippen molar-refractivity contribution < 1.29 is 4.79 Å². The van der Waals surface area contributed by atoms with E-state index in [0.717, 1.165) is 3.57 Å². The van der Waals surface area contributed by atoms with Gasteiger partial charge < -0.3 is 5.32 Å². The molecule has 0 aliphatic heterocycles. The molecule has 1 rings (SSSR count). The fourth-order valence-electron chi connectivity index (χ4n) is 0.878. The Morgan fingerprint density at radius 3 is 2.93 bits per heavy atom. The van der Waals surface area contributed by atoms with E-state index in [4.69, 9.17) is 18.0 Å². The zero-order valence-corrected chi connectivity index (χ0v) is 10.1. The van der Waals surface area contributed by atoms with Gasteiger partial charge in [0.2, 0.25) is 5.91 Å². The quantitative estimate of drug-likeness (QED) is 0.659. The van der Waals surface area contributed by atoms with E-state index in [9.17, 15) is 4.79 Å². The summed E-state index contributed by atoms with van der Waals surface area (Å²) in [5.41, 5.74) is 0.590. The topological polar surface area (TPSA) is 29.1 Å². The maximum Gasteiger partial charge on any atom is 0.236 e. The summed E-state index contributed by atoms with van der Waals surface area (Å²) < 4.78 is 1.02. The SMILES string of the molecule is C#CCC(=O)Nc1ccc(I)cc1Cl.